The highest BCUT2D eigenvalue weighted by Gasteiger charge is 2.06. The maximum Gasteiger partial charge on any atom is 0.170 e. The first-order valence-corrected chi connectivity index (χ1v) is 5.89. The summed E-state index contributed by atoms with van der Waals surface area (Å²) >= 11 is 0. The van der Waals surface area contributed by atoms with E-state index in [0.717, 1.165) is 17.7 Å². The zero-order valence-electron chi connectivity index (χ0n) is 10.8. The Morgan fingerprint density at radius 3 is 2.71 bits per heavy atom. The average molecular weight is 235 g/mol. The number of hydrogen-bond acceptors (Lipinski definition) is 3. The van der Waals surface area contributed by atoms with Crippen LogP contribution < -0.4 is 10.6 Å². The molecule has 4 heteroatoms. The molecule has 0 amide bonds. The summed E-state index contributed by atoms with van der Waals surface area (Å²) in [6.07, 6.45) is 2.36. The molecule has 4 nitrogen and oxygen atoms in total. The van der Waals surface area contributed by atoms with Gasteiger partial charge in [-0.25, -0.2) is 0 Å². The van der Waals surface area contributed by atoms with Crippen LogP contribution in [0.15, 0.2) is 23.4 Å². The number of rotatable bonds is 5. The van der Waals surface area contributed by atoms with Crippen molar-refractivity contribution in [3.05, 3.63) is 29.3 Å². The Hall–Kier alpha value is -1.71. The van der Waals surface area contributed by atoms with Gasteiger partial charge < -0.3 is 15.8 Å². The van der Waals surface area contributed by atoms with E-state index in [1.807, 2.05) is 25.1 Å². The summed E-state index contributed by atoms with van der Waals surface area (Å²) in [5.41, 5.74) is 8.62. The summed E-state index contributed by atoms with van der Waals surface area (Å²) in [4.78, 5) is 2.23. The largest absolute Gasteiger partial charge is 0.409 e. The van der Waals surface area contributed by atoms with Gasteiger partial charge in [0.1, 0.15) is 0 Å². The number of nitrogens with two attached hydrogens (primary N) is 1. The number of nitrogens with zero attached hydrogens (tertiary/aromatic N) is 2. The number of hydrogen-bond donors (Lipinski definition) is 2. The highest BCUT2D eigenvalue weighted by atomic mass is 16.4. The van der Waals surface area contributed by atoms with Crippen LogP contribution in [0.3, 0.4) is 0 Å². The van der Waals surface area contributed by atoms with Crippen molar-refractivity contribution in [1.29, 1.82) is 0 Å². The molecule has 3 N–H and O–H groups in total. The van der Waals surface area contributed by atoms with Crippen molar-refractivity contribution in [2.45, 2.75) is 26.7 Å². The molecule has 0 saturated carbocycles. The fourth-order valence-corrected chi connectivity index (χ4v) is 1.82. The van der Waals surface area contributed by atoms with E-state index in [4.69, 9.17) is 10.9 Å². The molecule has 0 aliphatic rings. The fourth-order valence-electron chi connectivity index (χ4n) is 1.82. The predicted octanol–water partition coefficient (Wildman–Crippen LogP) is 2.33. The lowest BCUT2D eigenvalue weighted by atomic mass is 10.1. The normalized spacial score (nSPS) is 11.6. The molecule has 94 valence electrons. The molecule has 1 aromatic carbocycles. The Morgan fingerprint density at radius 2 is 2.18 bits per heavy atom. The Labute approximate surface area is 103 Å². The van der Waals surface area contributed by atoms with Gasteiger partial charge in [-0.2, -0.15) is 0 Å². The molecule has 0 saturated heterocycles. The molecule has 0 fully saturated rings. The Morgan fingerprint density at radius 1 is 1.47 bits per heavy atom. The molecule has 0 unspecified atom stereocenters. The summed E-state index contributed by atoms with van der Waals surface area (Å²) in [5, 5.41) is 11.6. The van der Waals surface area contributed by atoms with Crippen molar-refractivity contribution in [2.24, 2.45) is 10.9 Å². The van der Waals surface area contributed by atoms with Gasteiger partial charge in [-0.3, -0.25) is 0 Å². The second-order valence-electron chi connectivity index (χ2n) is 4.26. The smallest absolute Gasteiger partial charge is 0.170 e. The molecule has 1 aromatic rings. The van der Waals surface area contributed by atoms with Gasteiger partial charge in [0.25, 0.3) is 0 Å². The Balaban J connectivity index is 2.89. The van der Waals surface area contributed by atoms with E-state index in [2.05, 4.69) is 24.0 Å². The van der Waals surface area contributed by atoms with Crippen molar-refractivity contribution in [3.8, 4) is 0 Å². The first kappa shape index (κ1) is 13.4. The molecule has 0 aliphatic heterocycles. The average Bonchev–Trinajstić information content (AvgIpc) is 2.34. The van der Waals surface area contributed by atoms with Crippen LogP contribution in [0.4, 0.5) is 5.69 Å². The number of oxime groups is 1. The van der Waals surface area contributed by atoms with Crippen LogP contribution in [0.1, 0.15) is 30.9 Å². The fraction of sp³-hybridized carbons (Fsp3) is 0.462. The first-order chi connectivity index (χ1) is 8.10. The number of amidine groups is 1. The van der Waals surface area contributed by atoms with Gasteiger partial charge in [0.05, 0.1) is 0 Å². The summed E-state index contributed by atoms with van der Waals surface area (Å²) in [6, 6.07) is 5.82. The SMILES string of the molecule is CCCCN(C)c1ccc(/C(N)=N/O)cc1C. The van der Waals surface area contributed by atoms with E-state index in [1.54, 1.807) is 0 Å². The minimum Gasteiger partial charge on any atom is -0.409 e. The molecule has 0 spiro atoms. The van der Waals surface area contributed by atoms with E-state index in [9.17, 15) is 0 Å². The van der Waals surface area contributed by atoms with Crippen molar-refractivity contribution in [2.75, 3.05) is 18.5 Å². The molecule has 0 aliphatic carbocycles. The molecule has 0 radical (unpaired) electrons. The van der Waals surface area contributed by atoms with E-state index >= 15 is 0 Å². The van der Waals surface area contributed by atoms with Crippen LogP contribution in [0, 0.1) is 6.92 Å². The number of anilines is 1. The molecular weight excluding hydrogens is 214 g/mol. The van der Waals surface area contributed by atoms with Gasteiger partial charge >= 0.3 is 0 Å². The van der Waals surface area contributed by atoms with Crippen molar-refractivity contribution >= 4 is 11.5 Å². The zero-order chi connectivity index (χ0) is 12.8. The minimum atomic E-state index is 0.149. The van der Waals surface area contributed by atoms with Gasteiger partial charge in [-0.15, -0.1) is 0 Å². The highest BCUT2D eigenvalue weighted by Crippen LogP contribution is 2.20. The topological polar surface area (TPSA) is 61.8 Å². The van der Waals surface area contributed by atoms with Gasteiger partial charge in [0.2, 0.25) is 0 Å². The molecular formula is C13H21N3O. The molecule has 0 bridgehead atoms. The number of benzene rings is 1. The maximum atomic E-state index is 8.63. The number of aryl methyl sites for hydroxylation is 1. The van der Waals surface area contributed by atoms with Crippen molar-refractivity contribution in [1.82, 2.24) is 0 Å². The summed E-state index contributed by atoms with van der Waals surface area (Å²) < 4.78 is 0. The van der Waals surface area contributed by atoms with Gasteiger partial charge in [0.15, 0.2) is 5.84 Å². The lowest BCUT2D eigenvalue weighted by molar-refractivity contribution is 0.318. The molecule has 17 heavy (non-hydrogen) atoms. The third kappa shape index (κ3) is 3.37. The minimum absolute atomic E-state index is 0.149. The number of unbranched alkanes of at least 4 members (excludes halogenated alkanes) is 1. The Bertz CT molecular complexity index is 402. The van der Waals surface area contributed by atoms with E-state index < -0.39 is 0 Å². The summed E-state index contributed by atoms with van der Waals surface area (Å²) in [6.45, 7) is 5.26. The first-order valence-electron chi connectivity index (χ1n) is 5.89. The maximum absolute atomic E-state index is 8.63. The zero-order valence-corrected chi connectivity index (χ0v) is 10.8. The second kappa shape index (κ2) is 6.13. The predicted molar refractivity (Wildman–Crippen MR) is 71.9 cm³/mol. The third-order valence-corrected chi connectivity index (χ3v) is 2.86. The lowest BCUT2D eigenvalue weighted by Crippen LogP contribution is -2.20. The van der Waals surface area contributed by atoms with Crippen LogP contribution in [0.2, 0.25) is 0 Å². The van der Waals surface area contributed by atoms with E-state index in [1.165, 1.54) is 18.5 Å². The van der Waals surface area contributed by atoms with Crippen molar-refractivity contribution in [3.63, 3.8) is 0 Å². The van der Waals surface area contributed by atoms with Crippen LogP contribution >= 0.6 is 0 Å². The molecule has 0 atom stereocenters. The highest BCUT2D eigenvalue weighted by molar-refractivity contribution is 5.97. The quantitative estimate of drug-likeness (QED) is 0.356. The van der Waals surface area contributed by atoms with Gasteiger partial charge in [0, 0.05) is 24.8 Å². The monoisotopic (exact) mass is 235 g/mol. The summed E-state index contributed by atoms with van der Waals surface area (Å²) in [7, 11) is 2.08. The van der Waals surface area contributed by atoms with Crippen molar-refractivity contribution < 1.29 is 5.21 Å². The van der Waals surface area contributed by atoms with Crippen LogP contribution in [-0.2, 0) is 0 Å². The van der Waals surface area contributed by atoms with E-state index in [-0.39, 0.29) is 5.84 Å². The third-order valence-electron chi connectivity index (χ3n) is 2.86. The Kier molecular flexibility index (Phi) is 4.82. The standard InChI is InChI=1S/C13H21N3O/c1-4-5-8-16(3)12-7-6-11(9-10(12)2)13(14)15-17/h6-7,9,17H,4-5,8H2,1-3H3,(H2,14,15). The molecule has 0 aromatic heterocycles. The van der Waals surface area contributed by atoms with Gasteiger partial charge in [-0.1, -0.05) is 18.5 Å². The molecule has 1 rings (SSSR count). The van der Waals surface area contributed by atoms with Crippen LogP contribution in [0.25, 0.3) is 0 Å². The molecule has 0 heterocycles. The summed E-state index contributed by atoms with van der Waals surface area (Å²) in [5.74, 6) is 0.149. The lowest BCUT2D eigenvalue weighted by Gasteiger charge is -2.21. The van der Waals surface area contributed by atoms with Crippen LogP contribution in [0.5, 0.6) is 0 Å². The van der Waals surface area contributed by atoms with Crippen LogP contribution in [-0.4, -0.2) is 24.6 Å². The second-order valence-corrected chi connectivity index (χ2v) is 4.26. The van der Waals surface area contributed by atoms with E-state index in [0.29, 0.717) is 0 Å². The van der Waals surface area contributed by atoms with Gasteiger partial charge in [-0.05, 0) is 37.1 Å².